The summed E-state index contributed by atoms with van der Waals surface area (Å²) in [6.07, 6.45) is 0. The van der Waals surface area contributed by atoms with Gasteiger partial charge in [0.05, 0.1) is 10.8 Å². The van der Waals surface area contributed by atoms with Crippen LogP contribution in [0.15, 0.2) is 46.9 Å². The normalized spacial score (nSPS) is 10.3. The molecule has 0 aliphatic heterocycles. The number of hydrogen-bond acceptors (Lipinski definition) is 3. The van der Waals surface area contributed by atoms with E-state index in [2.05, 4.69) is 15.9 Å². The molecule has 0 aliphatic carbocycles. The Bertz CT molecular complexity index is 634. The lowest BCUT2D eigenvalue weighted by Crippen LogP contribution is -1.99. The van der Waals surface area contributed by atoms with Crippen LogP contribution in [0.3, 0.4) is 0 Å². The van der Waals surface area contributed by atoms with Crippen LogP contribution in [0.2, 0.25) is 0 Å². The van der Waals surface area contributed by atoms with E-state index in [1.165, 1.54) is 12.1 Å². The highest BCUT2D eigenvalue weighted by Crippen LogP contribution is 2.26. The van der Waals surface area contributed by atoms with Crippen molar-refractivity contribution in [3.8, 4) is 5.75 Å². The summed E-state index contributed by atoms with van der Waals surface area (Å²) < 4.78 is 6.36. The average Bonchev–Trinajstić information content (AvgIpc) is 2.46. The summed E-state index contributed by atoms with van der Waals surface area (Å²) in [5.41, 5.74) is 1.79. The molecule has 2 aromatic rings. The molecule has 0 amide bonds. The molecule has 20 heavy (non-hydrogen) atoms. The minimum atomic E-state index is -0.432. The van der Waals surface area contributed by atoms with Crippen molar-refractivity contribution in [3.05, 3.63) is 68.2 Å². The summed E-state index contributed by atoms with van der Waals surface area (Å²) in [5.74, 6) is 1.09. The highest BCUT2D eigenvalue weighted by Gasteiger charge is 2.10. The lowest BCUT2D eigenvalue weighted by molar-refractivity contribution is -0.384. The number of halogens is 2. The molecule has 2 rings (SSSR count). The van der Waals surface area contributed by atoms with Crippen molar-refractivity contribution in [2.24, 2.45) is 0 Å². The third kappa shape index (κ3) is 3.49. The van der Waals surface area contributed by atoms with Gasteiger partial charge < -0.3 is 4.74 Å². The zero-order valence-electron chi connectivity index (χ0n) is 10.4. The van der Waals surface area contributed by atoms with Gasteiger partial charge in [0.15, 0.2) is 0 Å². The summed E-state index contributed by atoms with van der Waals surface area (Å²) in [7, 11) is 0. The van der Waals surface area contributed by atoms with Gasteiger partial charge in [-0.1, -0.05) is 34.1 Å². The zero-order chi connectivity index (χ0) is 14.5. The molecular weight excluding hydrogens is 346 g/mol. The Morgan fingerprint density at radius 3 is 2.60 bits per heavy atom. The van der Waals surface area contributed by atoms with Crippen LogP contribution in [-0.4, -0.2) is 4.92 Å². The Labute approximate surface area is 129 Å². The molecule has 0 saturated heterocycles. The van der Waals surface area contributed by atoms with Crippen LogP contribution >= 0.6 is 27.5 Å². The number of ether oxygens (including phenoxy) is 1. The summed E-state index contributed by atoms with van der Waals surface area (Å²) >= 11 is 9.15. The van der Waals surface area contributed by atoms with Gasteiger partial charge in [0.25, 0.3) is 5.69 Å². The van der Waals surface area contributed by atoms with Crippen LogP contribution in [-0.2, 0) is 12.5 Å². The van der Waals surface area contributed by atoms with Crippen molar-refractivity contribution >= 4 is 33.2 Å². The van der Waals surface area contributed by atoms with E-state index >= 15 is 0 Å². The molecule has 0 heterocycles. The van der Waals surface area contributed by atoms with Crippen molar-refractivity contribution in [2.75, 3.05) is 0 Å². The van der Waals surface area contributed by atoms with E-state index in [1.807, 2.05) is 24.3 Å². The first kappa shape index (κ1) is 14.8. The highest BCUT2D eigenvalue weighted by atomic mass is 79.9. The van der Waals surface area contributed by atoms with E-state index in [9.17, 15) is 10.1 Å². The number of nitro groups is 1. The second-order valence-electron chi connectivity index (χ2n) is 4.06. The van der Waals surface area contributed by atoms with Crippen LogP contribution in [0.1, 0.15) is 11.1 Å². The molecule has 104 valence electrons. The summed E-state index contributed by atoms with van der Waals surface area (Å²) in [5, 5.41) is 10.7. The standard InChI is InChI=1S/C14H11BrClNO3/c15-13-7-12(17(18)19)6-5-11(13)9-20-14-4-2-1-3-10(14)8-16/h1-7H,8-9H2. The molecule has 0 aliphatic rings. The fourth-order valence-corrected chi connectivity index (χ4v) is 2.38. The number of para-hydroxylation sites is 1. The van der Waals surface area contributed by atoms with Gasteiger partial charge in [0.1, 0.15) is 12.4 Å². The molecule has 4 nitrogen and oxygen atoms in total. The third-order valence-electron chi connectivity index (χ3n) is 2.75. The van der Waals surface area contributed by atoms with Crippen molar-refractivity contribution in [1.82, 2.24) is 0 Å². The molecule has 6 heteroatoms. The second kappa shape index (κ2) is 6.72. The highest BCUT2D eigenvalue weighted by molar-refractivity contribution is 9.10. The van der Waals surface area contributed by atoms with E-state index in [-0.39, 0.29) is 5.69 Å². The van der Waals surface area contributed by atoms with E-state index in [4.69, 9.17) is 16.3 Å². The molecule has 0 fully saturated rings. The molecule has 0 radical (unpaired) electrons. The van der Waals surface area contributed by atoms with E-state index in [0.717, 1.165) is 11.1 Å². The molecule has 0 aromatic heterocycles. The molecule has 0 spiro atoms. The smallest absolute Gasteiger partial charge is 0.270 e. The lowest BCUT2D eigenvalue weighted by atomic mass is 10.2. The van der Waals surface area contributed by atoms with Gasteiger partial charge >= 0.3 is 0 Å². The number of benzene rings is 2. The Morgan fingerprint density at radius 1 is 1.20 bits per heavy atom. The monoisotopic (exact) mass is 355 g/mol. The minimum absolute atomic E-state index is 0.0433. The quantitative estimate of drug-likeness (QED) is 0.444. The number of nitrogens with zero attached hydrogens (tertiary/aromatic N) is 1. The predicted molar refractivity (Wildman–Crippen MR) is 81.1 cm³/mol. The van der Waals surface area contributed by atoms with Crippen molar-refractivity contribution in [2.45, 2.75) is 12.5 Å². The Hall–Kier alpha value is -1.59. The average molecular weight is 357 g/mol. The summed E-state index contributed by atoms with van der Waals surface area (Å²) in [4.78, 5) is 10.2. The summed E-state index contributed by atoms with van der Waals surface area (Å²) in [6.45, 7) is 0.312. The fraction of sp³-hybridized carbons (Fsp3) is 0.143. The van der Waals surface area contributed by atoms with E-state index < -0.39 is 4.92 Å². The molecule has 0 saturated carbocycles. The van der Waals surface area contributed by atoms with Crippen LogP contribution in [0.5, 0.6) is 5.75 Å². The van der Waals surface area contributed by atoms with Gasteiger partial charge in [-0.3, -0.25) is 10.1 Å². The van der Waals surface area contributed by atoms with Crippen molar-refractivity contribution < 1.29 is 9.66 Å². The zero-order valence-corrected chi connectivity index (χ0v) is 12.7. The minimum Gasteiger partial charge on any atom is -0.489 e. The number of non-ortho nitro benzene ring substituents is 1. The van der Waals surface area contributed by atoms with E-state index in [0.29, 0.717) is 22.7 Å². The first-order valence-corrected chi connectivity index (χ1v) is 7.14. The van der Waals surface area contributed by atoms with Gasteiger partial charge in [-0.25, -0.2) is 0 Å². The molecule has 0 N–H and O–H groups in total. The first-order valence-electron chi connectivity index (χ1n) is 5.81. The maximum atomic E-state index is 10.7. The van der Waals surface area contributed by atoms with Gasteiger partial charge in [0.2, 0.25) is 0 Å². The van der Waals surface area contributed by atoms with Gasteiger partial charge in [-0.2, -0.15) is 0 Å². The maximum Gasteiger partial charge on any atom is 0.270 e. The molecule has 0 unspecified atom stereocenters. The molecule has 2 aromatic carbocycles. The van der Waals surface area contributed by atoms with Gasteiger partial charge in [0, 0.05) is 27.7 Å². The van der Waals surface area contributed by atoms with Gasteiger partial charge in [-0.05, 0) is 12.1 Å². The van der Waals surface area contributed by atoms with Crippen LogP contribution in [0.25, 0.3) is 0 Å². The predicted octanol–water partition coefficient (Wildman–Crippen LogP) is 4.68. The van der Waals surface area contributed by atoms with Crippen LogP contribution < -0.4 is 4.74 Å². The van der Waals surface area contributed by atoms with Crippen LogP contribution in [0, 0.1) is 10.1 Å². The largest absolute Gasteiger partial charge is 0.489 e. The van der Waals surface area contributed by atoms with Crippen LogP contribution in [0.4, 0.5) is 5.69 Å². The number of alkyl halides is 1. The second-order valence-corrected chi connectivity index (χ2v) is 5.18. The number of hydrogen-bond donors (Lipinski definition) is 0. The number of rotatable bonds is 5. The summed E-state index contributed by atoms with van der Waals surface area (Å²) in [6, 6.07) is 12.1. The first-order chi connectivity index (χ1) is 9.61. The molecule has 0 atom stereocenters. The van der Waals surface area contributed by atoms with Crippen molar-refractivity contribution in [3.63, 3.8) is 0 Å². The molecular formula is C14H11BrClNO3. The Kier molecular flexibility index (Phi) is 4.98. The SMILES string of the molecule is O=[N+]([O-])c1ccc(COc2ccccc2CCl)c(Br)c1. The topological polar surface area (TPSA) is 52.4 Å². The third-order valence-corrected chi connectivity index (χ3v) is 3.77. The van der Waals surface area contributed by atoms with Crippen molar-refractivity contribution in [1.29, 1.82) is 0 Å². The van der Waals surface area contributed by atoms with E-state index in [1.54, 1.807) is 6.07 Å². The Balaban J connectivity index is 2.13. The maximum absolute atomic E-state index is 10.7. The lowest BCUT2D eigenvalue weighted by Gasteiger charge is -2.10. The Morgan fingerprint density at radius 2 is 1.95 bits per heavy atom. The van der Waals surface area contributed by atoms with Gasteiger partial charge in [-0.15, -0.1) is 11.6 Å². The number of nitro benzene ring substituents is 1. The molecule has 0 bridgehead atoms. The fourth-order valence-electron chi connectivity index (χ4n) is 1.68.